The van der Waals surface area contributed by atoms with Gasteiger partial charge in [-0.1, -0.05) is 13.2 Å². The first-order valence-electron chi connectivity index (χ1n) is 6.62. The first kappa shape index (κ1) is 21.4. The van der Waals surface area contributed by atoms with Gasteiger partial charge in [0, 0.05) is 22.8 Å². The molecule has 0 rings (SSSR count). The second kappa shape index (κ2) is 9.55. The van der Waals surface area contributed by atoms with E-state index >= 15 is 0 Å². The molecule has 0 aromatic carbocycles. The standard InChI is InChI=1S/C15H16N2O8/c1-7(14(24)17-15(25)9(3)6-12(21)22)4-10(18)16-13(23)8(2)5-11(19)20/h4H,2-3,5-6H2,1H3,(H,19,20)(H,21,22)(H,16,18,23)(H,17,24,25)/b7-4-. The SMILES string of the molecule is C=C(CC(=O)O)C(=O)NC(=O)/C=C(/C)C(=O)NC(=O)C(=C)CC(=O)O. The molecule has 0 saturated heterocycles. The number of aliphatic carboxylic acids is 2. The second-order valence-corrected chi connectivity index (χ2v) is 4.78. The summed E-state index contributed by atoms with van der Waals surface area (Å²) >= 11 is 0. The van der Waals surface area contributed by atoms with Gasteiger partial charge in [0.15, 0.2) is 0 Å². The average Bonchev–Trinajstić information content (AvgIpc) is 2.45. The van der Waals surface area contributed by atoms with Gasteiger partial charge in [0.1, 0.15) is 0 Å². The Balaban J connectivity index is 4.73. The maximum atomic E-state index is 11.7. The van der Waals surface area contributed by atoms with Crippen LogP contribution in [0.3, 0.4) is 0 Å². The van der Waals surface area contributed by atoms with Gasteiger partial charge in [-0.3, -0.25) is 39.4 Å². The van der Waals surface area contributed by atoms with Crippen LogP contribution in [0.25, 0.3) is 0 Å². The van der Waals surface area contributed by atoms with E-state index in [1.54, 1.807) is 5.32 Å². The van der Waals surface area contributed by atoms with Gasteiger partial charge in [0.05, 0.1) is 12.8 Å². The highest BCUT2D eigenvalue weighted by Gasteiger charge is 2.17. The van der Waals surface area contributed by atoms with E-state index in [-0.39, 0.29) is 16.7 Å². The van der Waals surface area contributed by atoms with Crippen molar-refractivity contribution in [2.45, 2.75) is 19.8 Å². The van der Waals surface area contributed by atoms with Crippen LogP contribution in [0.5, 0.6) is 0 Å². The lowest BCUT2D eigenvalue weighted by atomic mass is 10.2. The molecule has 0 radical (unpaired) electrons. The molecule has 0 atom stereocenters. The van der Waals surface area contributed by atoms with Crippen molar-refractivity contribution in [1.82, 2.24) is 10.6 Å². The van der Waals surface area contributed by atoms with Crippen LogP contribution in [0.2, 0.25) is 0 Å². The lowest BCUT2D eigenvalue weighted by molar-refractivity contribution is -0.138. The van der Waals surface area contributed by atoms with Crippen LogP contribution >= 0.6 is 0 Å². The van der Waals surface area contributed by atoms with E-state index in [2.05, 4.69) is 13.2 Å². The molecule has 0 spiro atoms. The van der Waals surface area contributed by atoms with Crippen LogP contribution in [0, 0.1) is 0 Å². The summed E-state index contributed by atoms with van der Waals surface area (Å²) in [5.74, 6) is -6.68. The van der Waals surface area contributed by atoms with E-state index in [0.29, 0.717) is 6.08 Å². The number of imide groups is 2. The first-order valence-corrected chi connectivity index (χ1v) is 6.62. The molecule has 10 heteroatoms. The minimum Gasteiger partial charge on any atom is -0.481 e. The molecule has 0 fully saturated rings. The van der Waals surface area contributed by atoms with Crippen molar-refractivity contribution in [2.24, 2.45) is 0 Å². The molecule has 0 aliphatic rings. The molecule has 25 heavy (non-hydrogen) atoms. The maximum Gasteiger partial charge on any atom is 0.308 e. The largest absolute Gasteiger partial charge is 0.481 e. The zero-order chi connectivity index (χ0) is 19.7. The molecular formula is C15H16N2O8. The number of carboxylic acids is 2. The fourth-order valence-corrected chi connectivity index (χ4v) is 1.31. The highest BCUT2D eigenvalue weighted by Crippen LogP contribution is 2.01. The zero-order valence-electron chi connectivity index (χ0n) is 13.2. The number of hydrogen-bond acceptors (Lipinski definition) is 6. The van der Waals surface area contributed by atoms with Gasteiger partial charge < -0.3 is 10.2 Å². The van der Waals surface area contributed by atoms with Crippen molar-refractivity contribution in [3.63, 3.8) is 0 Å². The molecule has 10 nitrogen and oxygen atoms in total. The molecule has 4 amide bonds. The fourth-order valence-electron chi connectivity index (χ4n) is 1.31. The van der Waals surface area contributed by atoms with Gasteiger partial charge in [-0.15, -0.1) is 0 Å². The molecule has 0 heterocycles. The predicted molar refractivity (Wildman–Crippen MR) is 82.8 cm³/mol. The number of nitrogens with one attached hydrogen (secondary N) is 2. The highest BCUT2D eigenvalue weighted by atomic mass is 16.4. The van der Waals surface area contributed by atoms with Crippen molar-refractivity contribution >= 4 is 35.6 Å². The van der Waals surface area contributed by atoms with Crippen molar-refractivity contribution in [1.29, 1.82) is 0 Å². The summed E-state index contributed by atoms with van der Waals surface area (Å²) < 4.78 is 0. The molecular weight excluding hydrogens is 336 g/mol. The smallest absolute Gasteiger partial charge is 0.308 e. The summed E-state index contributed by atoms with van der Waals surface area (Å²) in [6.45, 7) is 7.57. The topological polar surface area (TPSA) is 167 Å². The van der Waals surface area contributed by atoms with Crippen molar-refractivity contribution in [3.05, 3.63) is 36.0 Å². The Hall–Kier alpha value is -3.56. The number of carboxylic acid groups (broad SMARTS) is 2. The monoisotopic (exact) mass is 352 g/mol. The van der Waals surface area contributed by atoms with Crippen molar-refractivity contribution in [2.75, 3.05) is 0 Å². The zero-order valence-corrected chi connectivity index (χ0v) is 13.2. The Kier molecular flexibility index (Phi) is 8.19. The molecule has 134 valence electrons. The third-order valence-corrected chi connectivity index (χ3v) is 2.54. The van der Waals surface area contributed by atoms with Gasteiger partial charge in [0.2, 0.25) is 0 Å². The number of carbonyl (C=O) groups is 6. The minimum absolute atomic E-state index is 0.259. The summed E-state index contributed by atoms with van der Waals surface area (Å²) in [5.41, 5.74) is -0.986. The molecule has 0 saturated carbocycles. The second-order valence-electron chi connectivity index (χ2n) is 4.78. The molecule has 0 aromatic rings. The van der Waals surface area contributed by atoms with E-state index in [9.17, 15) is 28.8 Å². The number of rotatable bonds is 8. The highest BCUT2D eigenvalue weighted by molar-refractivity contribution is 6.14. The van der Waals surface area contributed by atoms with Crippen LogP contribution in [0.4, 0.5) is 0 Å². The Morgan fingerprint density at radius 1 is 0.800 bits per heavy atom. The van der Waals surface area contributed by atoms with E-state index in [1.807, 2.05) is 5.32 Å². The summed E-state index contributed by atoms with van der Waals surface area (Å²) in [6, 6.07) is 0. The van der Waals surface area contributed by atoms with Gasteiger partial charge in [-0.2, -0.15) is 0 Å². The Morgan fingerprint density at radius 2 is 1.20 bits per heavy atom. The Morgan fingerprint density at radius 3 is 1.60 bits per heavy atom. The lowest BCUT2D eigenvalue weighted by Gasteiger charge is -2.06. The lowest BCUT2D eigenvalue weighted by Crippen LogP contribution is -2.34. The van der Waals surface area contributed by atoms with Gasteiger partial charge in [0.25, 0.3) is 23.6 Å². The summed E-state index contributed by atoms with van der Waals surface area (Å²) in [5, 5.41) is 20.6. The molecule has 4 N–H and O–H groups in total. The van der Waals surface area contributed by atoms with Crippen molar-refractivity contribution in [3.8, 4) is 0 Å². The van der Waals surface area contributed by atoms with E-state index in [0.717, 1.165) is 0 Å². The van der Waals surface area contributed by atoms with E-state index in [1.165, 1.54) is 6.92 Å². The third-order valence-electron chi connectivity index (χ3n) is 2.54. The summed E-state index contributed by atoms with van der Waals surface area (Å²) in [4.78, 5) is 67.1. The van der Waals surface area contributed by atoms with Crippen molar-refractivity contribution < 1.29 is 39.0 Å². The molecule has 0 aromatic heterocycles. The number of hydrogen-bond donors (Lipinski definition) is 4. The number of amides is 4. The molecule has 0 aliphatic heterocycles. The van der Waals surface area contributed by atoms with Gasteiger partial charge in [-0.25, -0.2) is 0 Å². The van der Waals surface area contributed by atoms with Gasteiger partial charge >= 0.3 is 11.9 Å². The van der Waals surface area contributed by atoms with E-state index < -0.39 is 48.4 Å². The molecule has 0 aliphatic carbocycles. The van der Waals surface area contributed by atoms with Gasteiger partial charge in [-0.05, 0) is 6.92 Å². The van der Waals surface area contributed by atoms with Crippen LogP contribution in [-0.2, 0) is 28.8 Å². The molecule has 0 unspecified atom stereocenters. The van der Waals surface area contributed by atoms with Crippen LogP contribution in [0.1, 0.15) is 19.8 Å². The Bertz CT molecular complexity index is 702. The molecule has 0 bridgehead atoms. The van der Waals surface area contributed by atoms with Crippen LogP contribution in [0.15, 0.2) is 36.0 Å². The predicted octanol–water partition coefficient (Wildman–Crippen LogP) is -0.720. The van der Waals surface area contributed by atoms with Crippen LogP contribution in [-0.4, -0.2) is 45.8 Å². The number of carbonyl (C=O) groups excluding carboxylic acids is 4. The third kappa shape index (κ3) is 8.59. The quantitative estimate of drug-likeness (QED) is 0.415. The maximum absolute atomic E-state index is 11.7. The average molecular weight is 352 g/mol. The first-order chi connectivity index (χ1) is 11.4. The minimum atomic E-state index is -1.31. The fraction of sp³-hybridized carbons (Fsp3) is 0.200. The summed E-state index contributed by atoms with van der Waals surface area (Å²) in [7, 11) is 0. The van der Waals surface area contributed by atoms with Crippen LogP contribution < -0.4 is 10.6 Å². The Labute approximate surface area is 141 Å². The summed E-state index contributed by atoms with van der Waals surface area (Å²) in [6.07, 6.45) is -0.625. The van der Waals surface area contributed by atoms with E-state index in [4.69, 9.17) is 10.2 Å². The normalized spacial score (nSPS) is 10.4.